The van der Waals surface area contributed by atoms with Crippen LogP contribution in [0.3, 0.4) is 0 Å². The Morgan fingerprint density at radius 2 is 1.82 bits per heavy atom. The molecule has 2 amide bonds. The van der Waals surface area contributed by atoms with Gasteiger partial charge in [-0.1, -0.05) is 24.3 Å². The number of halogens is 1. The van der Waals surface area contributed by atoms with E-state index in [1.54, 1.807) is 48.5 Å². The molecule has 39 heavy (non-hydrogen) atoms. The van der Waals surface area contributed by atoms with Crippen molar-refractivity contribution >= 4 is 23.2 Å². The molecule has 0 unspecified atom stereocenters. The van der Waals surface area contributed by atoms with E-state index in [4.69, 9.17) is 9.47 Å². The monoisotopic (exact) mass is 534 g/mol. The first-order valence-electron chi connectivity index (χ1n) is 12.1. The lowest BCUT2D eigenvalue weighted by Gasteiger charge is -2.27. The fourth-order valence-electron chi connectivity index (χ4n) is 4.27. The van der Waals surface area contributed by atoms with Crippen molar-refractivity contribution < 1.29 is 28.4 Å². The van der Waals surface area contributed by atoms with E-state index in [0.29, 0.717) is 28.2 Å². The van der Waals surface area contributed by atoms with Gasteiger partial charge in [0.25, 0.3) is 17.5 Å². The summed E-state index contributed by atoms with van der Waals surface area (Å²) in [5.41, 5.74) is 1.90. The van der Waals surface area contributed by atoms with Gasteiger partial charge < -0.3 is 14.4 Å². The second-order valence-electron chi connectivity index (χ2n) is 8.81. The summed E-state index contributed by atoms with van der Waals surface area (Å²) < 4.78 is 23.8. The second kappa shape index (κ2) is 12.3. The van der Waals surface area contributed by atoms with Crippen molar-refractivity contribution in [3.63, 3.8) is 0 Å². The quantitative estimate of drug-likeness (QED) is 0.284. The van der Waals surface area contributed by atoms with E-state index in [1.165, 1.54) is 48.4 Å². The highest BCUT2D eigenvalue weighted by Gasteiger charge is 2.35. The van der Waals surface area contributed by atoms with Gasteiger partial charge in [0, 0.05) is 37.8 Å². The Hall–Kier alpha value is -4.64. The largest absolute Gasteiger partial charge is 0.497 e. The molecule has 4 rings (SSSR count). The van der Waals surface area contributed by atoms with Crippen molar-refractivity contribution in [2.45, 2.75) is 12.5 Å². The van der Waals surface area contributed by atoms with Crippen molar-refractivity contribution in [1.82, 2.24) is 9.91 Å². The topological polar surface area (TPSA) is 115 Å². The van der Waals surface area contributed by atoms with Gasteiger partial charge in [0.1, 0.15) is 18.1 Å². The summed E-state index contributed by atoms with van der Waals surface area (Å²) in [5.74, 6) is -0.685. The van der Waals surface area contributed by atoms with Crippen LogP contribution in [0.4, 0.5) is 10.1 Å². The van der Waals surface area contributed by atoms with E-state index in [1.807, 2.05) is 0 Å². The maximum Gasteiger partial charge on any atom is 0.269 e. The van der Waals surface area contributed by atoms with Crippen LogP contribution in [0.2, 0.25) is 0 Å². The zero-order valence-corrected chi connectivity index (χ0v) is 21.5. The molecule has 0 aromatic heterocycles. The zero-order chi connectivity index (χ0) is 27.9. The lowest BCUT2D eigenvalue weighted by Crippen LogP contribution is -2.42. The van der Waals surface area contributed by atoms with E-state index in [9.17, 15) is 24.1 Å². The van der Waals surface area contributed by atoms with E-state index < -0.39 is 22.7 Å². The maximum absolute atomic E-state index is 13.7. The minimum Gasteiger partial charge on any atom is -0.497 e. The number of methoxy groups -OCH3 is 2. The van der Waals surface area contributed by atoms with E-state index >= 15 is 0 Å². The average Bonchev–Trinajstić information content (AvgIpc) is 3.41. The molecular formula is C28H27FN4O6. The van der Waals surface area contributed by atoms with Gasteiger partial charge >= 0.3 is 0 Å². The number of hydrogen-bond acceptors (Lipinski definition) is 7. The Morgan fingerprint density at radius 3 is 2.46 bits per heavy atom. The summed E-state index contributed by atoms with van der Waals surface area (Å²) in [6, 6.07) is 17.6. The molecule has 202 valence electrons. The number of hydrazone groups is 1. The number of carbonyl (C=O) groups is 2. The van der Waals surface area contributed by atoms with Gasteiger partial charge in [-0.25, -0.2) is 9.40 Å². The van der Waals surface area contributed by atoms with Crippen LogP contribution in [0.15, 0.2) is 77.9 Å². The molecule has 1 aliphatic heterocycles. The van der Waals surface area contributed by atoms with E-state index in [-0.39, 0.29) is 37.7 Å². The Balaban J connectivity index is 1.64. The standard InChI is InChI=1S/C28H27FN4O6/c1-38-15-14-31(28(35)20-8-12-24(39-2)13-9-20)18-27(34)32-26(21-4-3-5-23(16-21)33(36)37)17-25(30-32)19-6-10-22(29)11-7-19/h3-13,16,26H,14-15,17-18H2,1-2H3/t26-/m1/s1. The van der Waals surface area contributed by atoms with Gasteiger partial charge in [0.05, 0.1) is 30.4 Å². The number of hydrogen-bond donors (Lipinski definition) is 0. The second-order valence-corrected chi connectivity index (χ2v) is 8.81. The number of nitro benzene ring substituents is 1. The number of nitro groups is 1. The molecule has 3 aromatic carbocycles. The third-order valence-electron chi connectivity index (χ3n) is 6.32. The number of rotatable bonds is 10. The molecule has 1 heterocycles. The summed E-state index contributed by atoms with van der Waals surface area (Å²) in [4.78, 5) is 39.2. The number of nitrogens with zero attached hydrogens (tertiary/aromatic N) is 4. The Morgan fingerprint density at radius 1 is 1.10 bits per heavy atom. The zero-order valence-electron chi connectivity index (χ0n) is 21.5. The van der Waals surface area contributed by atoms with Crippen LogP contribution in [0, 0.1) is 15.9 Å². The van der Waals surface area contributed by atoms with Crippen LogP contribution < -0.4 is 4.74 Å². The van der Waals surface area contributed by atoms with Gasteiger partial charge in [-0.15, -0.1) is 0 Å². The molecule has 10 nitrogen and oxygen atoms in total. The molecule has 0 saturated heterocycles. The Kier molecular flexibility index (Phi) is 8.62. The van der Waals surface area contributed by atoms with Gasteiger partial charge in [-0.3, -0.25) is 19.7 Å². The Labute approximate surface area is 224 Å². The average molecular weight is 535 g/mol. The van der Waals surface area contributed by atoms with Crippen LogP contribution in [-0.4, -0.2) is 66.3 Å². The first-order valence-corrected chi connectivity index (χ1v) is 12.1. The third kappa shape index (κ3) is 6.44. The van der Waals surface area contributed by atoms with Crippen LogP contribution >= 0.6 is 0 Å². The number of ether oxygens (including phenoxy) is 2. The highest BCUT2D eigenvalue weighted by molar-refractivity contribution is 6.03. The lowest BCUT2D eigenvalue weighted by molar-refractivity contribution is -0.385. The molecular weight excluding hydrogens is 507 g/mol. The first-order chi connectivity index (χ1) is 18.8. The predicted octanol–water partition coefficient (Wildman–Crippen LogP) is 4.21. The van der Waals surface area contributed by atoms with Crippen molar-refractivity contribution in [2.24, 2.45) is 5.10 Å². The number of non-ortho nitro benzene ring substituents is 1. The Bertz CT molecular complexity index is 1380. The maximum atomic E-state index is 13.7. The summed E-state index contributed by atoms with van der Waals surface area (Å²) in [6.45, 7) is 0.0460. The van der Waals surface area contributed by atoms with Gasteiger partial charge in [0.2, 0.25) is 0 Å². The lowest BCUT2D eigenvalue weighted by atomic mass is 9.98. The SMILES string of the molecule is COCCN(CC(=O)N1N=C(c2ccc(F)cc2)C[C@@H]1c1cccc([N+](=O)[O-])c1)C(=O)c1ccc(OC)cc1. The molecule has 0 spiro atoms. The minimum absolute atomic E-state index is 0.119. The van der Waals surface area contributed by atoms with Gasteiger partial charge in [0.15, 0.2) is 0 Å². The van der Waals surface area contributed by atoms with Crippen molar-refractivity contribution in [3.05, 3.63) is 105 Å². The molecule has 11 heteroatoms. The minimum atomic E-state index is -0.655. The van der Waals surface area contributed by atoms with Gasteiger partial charge in [-0.2, -0.15) is 5.10 Å². The molecule has 1 aliphatic rings. The molecule has 0 N–H and O–H groups in total. The van der Waals surface area contributed by atoms with Crippen LogP contribution in [0.5, 0.6) is 5.75 Å². The summed E-state index contributed by atoms with van der Waals surface area (Å²) >= 11 is 0. The summed E-state index contributed by atoms with van der Waals surface area (Å²) in [6.07, 6.45) is 0.253. The molecule has 0 saturated carbocycles. The van der Waals surface area contributed by atoms with Crippen molar-refractivity contribution in [1.29, 1.82) is 0 Å². The van der Waals surface area contributed by atoms with E-state index in [2.05, 4.69) is 5.10 Å². The fourth-order valence-corrected chi connectivity index (χ4v) is 4.27. The van der Waals surface area contributed by atoms with Gasteiger partial charge in [-0.05, 0) is 47.5 Å². The molecule has 0 fully saturated rings. The predicted molar refractivity (Wildman–Crippen MR) is 141 cm³/mol. The molecule has 1 atom stereocenters. The number of benzene rings is 3. The normalized spacial score (nSPS) is 14.6. The fraction of sp³-hybridized carbons (Fsp3) is 0.250. The molecule has 0 bridgehead atoms. The third-order valence-corrected chi connectivity index (χ3v) is 6.32. The van der Waals surface area contributed by atoms with Crippen LogP contribution in [0.1, 0.15) is 33.9 Å². The molecule has 3 aromatic rings. The highest BCUT2D eigenvalue weighted by Crippen LogP contribution is 2.34. The van der Waals surface area contributed by atoms with Crippen molar-refractivity contribution in [2.75, 3.05) is 33.9 Å². The number of amides is 2. The number of carbonyl (C=O) groups excluding carboxylic acids is 2. The summed E-state index contributed by atoms with van der Waals surface area (Å²) in [7, 11) is 3.02. The first kappa shape index (κ1) is 27.4. The van der Waals surface area contributed by atoms with Crippen molar-refractivity contribution in [3.8, 4) is 5.75 Å². The van der Waals surface area contributed by atoms with E-state index in [0.717, 1.165) is 0 Å². The molecule has 0 aliphatic carbocycles. The van der Waals surface area contributed by atoms with Crippen LogP contribution in [-0.2, 0) is 9.53 Å². The van der Waals surface area contributed by atoms with Crippen LogP contribution in [0.25, 0.3) is 0 Å². The summed E-state index contributed by atoms with van der Waals surface area (Å²) in [5, 5.41) is 17.2. The highest BCUT2D eigenvalue weighted by atomic mass is 19.1. The molecule has 0 radical (unpaired) electrons. The smallest absolute Gasteiger partial charge is 0.269 e.